The highest BCUT2D eigenvalue weighted by Gasteiger charge is 2.44. The normalized spacial score (nSPS) is 17.8. The summed E-state index contributed by atoms with van der Waals surface area (Å²) in [4.78, 5) is 13.9. The third kappa shape index (κ3) is 6.58. The lowest BCUT2D eigenvalue weighted by Crippen LogP contribution is -2.32. The number of halogens is 10. The van der Waals surface area contributed by atoms with Crippen molar-refractivity contribution in [2.45, 2.75) is 63.9 Å². The van der Waals surface area contributed by atoms with Gasteiger partial charge in [-0.25, -0.2) is 9.18 Å². The fourth-order valence-corrected chi connectivity index (χ4v) is 5.14. The highest BCUT2D eigenvalue weighted by atomic mass is 19.4. The Hall–Kier alpha value is -3.97. The van der Waals surface area contributed by atoms with Gasteiger partial charge in [0.1, 0.15) is 17.7 Å². The molecule has 4 rings (SSSR count). The van der Waals surface area contributed by atoms with E-state index in [0.717, 1.165) is 23.1 Å². The van der Waals surface area contributed by atoms with Crippen LogP contribution in [0.5, 0.6) is 5.75 Å². The number of benzene rings is 3. The Morgan fingerprint density at radius 1 is 0.841 bits per heavy atom. The topological polar surface area (TPSA) is 38.8 Å². The molecule has 3 aromatic carbocycles. The molecule has 44 heavy (non-hydrogen) atoms. The van der Waals surface area contributed by atoms with Crippen LogP contribution in [-0.4, -0.2) is 24.1 Å². The lowest BCUT2D eigenvalue weighted by atomic mass is 9.88. The summed E-state index contributed by atoms with van der Waals surface area (Å²) >= 11 is 0. The predicted molar refractivity (Wildman–Crippen MR) is 138 cm³/mol. The number of carbonyl (C=O) groups excluding carboxylic acids is 1. The van der Waals surface area contributed by atoms with Crippen LogP contribution in [-0.2, 0) is 29.8 Å². The molecule has 2 atom stereocenters. The standard InChI is InChI=1S/C30H25F10NO3/c1-14(2)22-12-23(21-6-5-20(31)11-25(21)43-4)17(9-24(22)30(38,39)40)13-41-15(3)26(44-27(41)42)16-7-18(28(32,33)34)10-19(8-16)29(35,36)37/h5-12,14-15,26H,13H2,1-4H3/t15-,26-/m0/s1. The summed E-state index contributed by atoms with van der Waals surface area (Å²) < 4.78 is 148. The van der Waals surface area contributed by atoms with Gasteiger partial charge in [0.05, 0.1) is 36.4 Å². The molecule has 1 fully saturated rings. The van der Waals surface area contributed by atoms with E-state index in [1.54, 1.807) is 0 Å². The van der Waals surface area contributed by atoms with E-state index < -0.39 is 77.3 Å². The highest BCUT2D eigenvalue weighted by molar-refractivity contribution is 5.77. The minimum Gasteiger partial charge on any atom is -0.496 e. The maximum Gasteiger partial charge on any atom is 0.416 e. The van der Waals surface area contributed by atoms with Crippen molar-refractivity contribution < 1.29 is 58.2 Å². The molecule has 0 saturated carbocycles. The number of amides is 1. The second kappa shape index (κ2) is 11.5. The molecule has 3 aromatic rings. The molecule has 0 aliphatic carbocycles. The van der Waals surface area contributed by atoms with Crippen LogP contribution in [0.15, 0.2) is 48.5 Å². The Kier molecular flexibility index (Phi) is 8.62. The van der Waals surface area contributed by atoms with Gasteiger partial charge in [0.2, 0.25) is 0 Å². The van der Waals surface area contributed by atoms with Crippen LogP contribution < -0.4 is 4.74 Å². The average Bonchev–Trinajstić information content (AvgIpc) is 3.19. The van der Waals surface area contributed by atoms with E-state index in [-0.39, 0.29) is 34.1 Å². The van der Waals surface area contributed by atoms with Crippen molar-refractivity contribution in [3.05, 3.63) is 87.7 Å². The first-order valence-electron chi connectivity index (χ1n) is 13.1. The van der Waals surface area contributed by atoms with Gasteiger partial charge in [0, 0.05) is 11.6 Å². The molecule has 1 heterocycles. The number of methoxy groups -OCH3 is 1. The zero-order valence-corrected chi connectivity index (χ0v) is 23.5. The van der Waals surface area contributed by atoms with Gasteiger partial charge >= 0.3 is 24.6 Å². The molecule has 0 aromatic heterocycles. The SMILES string of the molecule is COc1cc(F)ccc1-c1cc(C(C)C)c(C(F)(F)F)cc1CN1C(=O)O[C@H](c2cc(C(F)(F)F)cc(C(F)(F)F)c2)[C@@H]1C. The zero-order chi connectivity index (χ0) is 32.9. The Morgan fingerprint density at radius 3 is 1.93 bits per heavy atom. The van der Waals surface area contributed by atoms with Gasteiger partial charge in [-0.1, -0.05) is 13.8 Å². The van der Waals surface area contributed by atoms with Crippen LogP contribution in [0, 0.1) is 5.82 Å². The van der Waals surface area contributed by atoms with Crippen molar-refractivity contribution in [3.8, 4) is 16.9 Å². The smallest absolute Gasteiger partial charge is 0.416 e. The first-order valence-corrected chi connectivity index (χ1v) is 13.1. The summed E-state index contributed by atoms with van der Waals surface area (Å²) in [6.07, 6.45) is -17.9. The molecule has 0 radical (unpaired) electrons. The number of hydrogen-bond donors (Lipinski definition) is 0. The number of cyclic esters (lactones) is 1. The minimum atomic E-state index is -5.16. The number of hydrogen-bond acceptors (Lipinski definition) is 3. The van der Waals surface area contributed by atoms with E-state index >= 15 is 0 Å². The zero-order valence-electron chi connectivity index (χ0n) is 23.5. The summed E-state index contributed by atoms with van der Waals surface area (Å²) in [5.74, 6) is -1.35. The molecular weight excluding hydrogens is 612 g/mol. The molecule has 0 N–H and O–H groups in total. The Balaban J connectivity index is 1.84. The number of nitrogens with zero attached hydrogens (tertiary/aromatic N) is 1. The van der Waals surface area contributed by atoms with Crippen molar-refractivity contribution in [1.82, 2.24) is 4.90 Å². The van der Waals surface area contributed by atoms with Gasteiger partial charge in [-0.2, -0.15) is 39.5 Å². The molecule has 0 unspecified atom stereocenters. The lowest BCUT2D eigenvalue weighted by molar-refractivity contribution is -0.143. The van der Waals surface area contributed by atoms with Gasteiger partial charge in [-0.15, -0.1) is 0 Å². The van der Waals surface area contributed by atoms with Crippen molar-refractivity contribution >= 4 is 6.09 Å². The van der Waals surface area contributed by atoms with E-state index in [4.69, 9.17) is 9.47 Å². The van der Waals surface area contributed by atoms with Crippen molar-refractivity contribution in [2.24, 2.45) is 0 Å². The van der Waals surface area contributed by atoms with Crippen molar-refractivity contribution in [1.29, 1.82) is 0 Å². The van der Waals surface area contributed by atoms with Crippen molar-refractivity contribution in [3.63, 3.8) is 0 Å². The molecular formula is C30H25F10NO3. The van der Waals surface area contributed by atoms with E-state index in [9.17, 15) is 48.7 Å². The monoisotopic (exact) mass is 637 g/mol. The second-order valence-electron chi connectivity index (χ2n) is 10.6. The van der Waals surface area contributed by atoms with E-state index in [1.165, 1.54) is 40.0 Å². The molecule has 14 heteroatoms. The molecule has 0 bridgehead atoms. The Labute approximate surface area is 245 Å². The molecule has 238 valence electrons. The summed E-state index contributed by atoms with van der Waals surface area (Å²) in [7, 11) is 1.22. The maximum absolute atomic E-state index is 14.2. The molecule has 1 aliphatic heterocycles. The lowest BCUT2D eigenvalue weighted by Gasteiger charge is -2.26. The predicted octanol–water partition coefficient (Wildman–Crippen LogP) is 9.76. The largest absolute Gasteiger partial charge is 0.496 e. The molecule has 4 nitrogen and oxygen atoms in total. The van der Waals surface area contributed by atoms with Crippen molar-refractivity contribution in [2.75, 3.05) is 7.11 Å². The summed E-state index contributed by atoms with van der Waals surface area (Å²) in [6, 6.07) is 4.98. The van der Waals surface area contributed by atoms with E-state index in [0.29, 0.717) is 12.1 Å². The van der Waals surface area contributed by atoms with Gasteiger partial charge in [-0.05, 0) is 77.6 Å². The molecule has 0 spiro atoms. The Bertz CT molecular complexity index is 1530. The van der Waals surface area contributed by atoms with Crippen LogP contribution in [0.4, 0.5) is 48.7 Å². The molecule has 1 amide bonds. The summed E-state index contributed by atoms with van der Waals surface area (Å²) in [5.41, 5.74) is -4.73. The number of carbonyl (C=O) groups is 1. The first-order chi connectivity index (χ1) is 20.2. The van der Waals surface area contributed by atoms with E-state index in [2.05, 4.69) is 0 Å². The van der Waals surface area contributed by atoms with Gasteiger partial charge in [0.25, 0.3) is 0 Å². The Morgan fingerprint density at radius 2 is 1.43 bits per heavy atom. The third-order valence-corrected chi connectivity index (χ3v) is 7.33. The van der Waals surface area contributed by atoms with Gasteiger partial charge in [-0.3, -0.25) is 4.90 Å². The molecule has 1 aliphatic rings. The number of rotatable bonds is 6. The quantitative estimate of drug-likeness (QED) is 0.253. The van der Waals surface area contributed by atoms with Crippen LogP contribution in [0.1, 0.15) is 66.2 Å². The number of ether oxygens (including phenoxy) is 2. The van der Waals surface area contributed by atoms with Crippen LogP contribution >= 0.6 is 0 Å². The fraction of sp³-hybridized carbons (Fsp3) is 0.367. The summed E-state index contributed by atoms with van der Waals surface area (Å²) in [5, 5.41) is 0. The first kappa shape index (κ1) is 32.9. The van der Waals surface area contributed by atoms with Crippen LogP contribution in [0.3, 0.4) is 0 Å². The average molecular weight is 638 g/mol. The third-order valence-electron chi connectivity index (χ3n) is 7.33. The maximum atomic E-state index is 14.2. The highest BCUT2D eigenvalue weighted by Crippen LogP contribution is 2.44. The number of alkyl halides is 9. The van der Waals surface area contributed by atoms with Crippen LogP contribution in [0.25, 0.3) is 11.1 Å². The molecule has 1 saturated heterocycles. The summed E-state index contributed by atoms with van der Waals surface area (Å²) in [6.45, 7) is 3.77. The second-order valence-corrected chi connectivity index (χ2v) is 10.6. The van der Waals surface area contributed by atoms with E-state index in [1.807, 2.05) is 0 Å². The fourth-order valence-electron chi connectivity index (χ4n) is 5.14. The minimum absolute atomic E-state index is 0.0284. The van der Waals surface area contributed by atoms with Gasteiger partial charge < -0.3 is 9.47 Å². The van der Waals surface area contributed by atoms with Crippen LogP contribution in [0.2, 0.25) is 0 Å². The van der Waals surface area contributed by atoms with Gasteiger partial charge in [0.15, 0.2) is 0 Å².